The zero-order chi connectivity index (χ0) is 28.3. The van der Waals surface area contributed by atoms with Crippen molar-refractivity contribution >= 4 is 17.9 Å². The van der Waals surface area contributed by atoms with E-state index < -0.39 is 23.8 Å². The van der Waals surface area contributed by atoms with Crippen molar-refractivity contribution < 1.29 is 24.2 Å². The molecule has 210 valence electrons. The van der Waals surface area contributed by atoms with Gasteiger partial charge in [0, 0.05) is 18.2 Å². The molecule has 8 heteroatoms. The number of aromatic hydroxyl groups is 1. The summed E-state index contributed by atoms with van der Waals surface area (Å²) >= 11 is 0. The lowest BCUT2D eigenvalue weighted by Crippen LogP contribution is -2.54. The third kappa shape index (κ3) is 10.6. The summed E-state index contributed by atoms with van der Waals surface area (Å²) in [6, 6.07) is 3.18. The van der Waals surface area contributed by atoms with Crippen molar-refractivity contribution in [3.05, 3.63) is 29.3 Å². The largest absolute Gasteiger partial charge is 0.507 e. The van der Waals surface area contributed by atoms with Crippen molar-refractivity contribution in [1.82, 2.24) is 15.5 Å². The van der Waals surface area contributed by atoms with Gasteiger partial charge in [-0.05, 0) is 65.4 Å². The van der Waals surface area contributed by atoms with Gasteiger partial charge in [0.05, 0.1) is 0 Å². The van der Waals surface area contributed by atoms with Crippen LogP contribution < -0.4 is 10.6 Å². The summed E-state index contributed by atoms with van der Waals surface area (Å²) in [5.74, 6) is -0.647. The average molecular weight is 520 g/mol. The Balaban J connectivity index is 3.56. The molecule has 0 saturated carbocycles. The minimum atomic E-state index is -1.05. The molecule has 0 radical (unpaired) electrons. The van der Waals surface area contributed by atoms with Crippen molar-refractivity contribution in [3.8, 4) is 5.75 Å². The number of unbranched alkanes of at least 4 members (excludes halogenated alkanes) is 1. The summed E-state index contributed by atoms with van der Waals surface area (Å²) in [7, 11) is 0. The molecule has 3 amide bonds. The van der Waals surface area contributed by atoms with E-state index in [9.17, 15) is 19.5 Å². The Morgan fingerprint density at radius 2 is 1.70 bits per heavy atom. The molecule has 1 aromatic rings. The number of alkyl carbamates (subject to hydrolysis) is 1. The fraction of sp³-hybridized carbons (Fsp3) is 0.690. The Kier molecular flexibility index (Phi) is 12.9. The first-order valence-corrected chi connectivity index (χ1v) is 13.6. The lowest BCUT2D eigenvalue weighted by molar-refractivity contribution is -0.143. The zero-order valence-corrected chi connectivity index (χ0v) is 24.3. The quantitative estimate of drug-likeness (QED) is 0.314. The van der Waals surface area contributed by atoms with Crippen LogP contribution in [0.4, 0.5) is 4.79 Å². The van der Waals surface area contributed by atoms with E-state index in [2.05, 4.69) is 10.6 Å². The fourth-order valence-corrected chi connectivity index (χ4v) is 4.22. The molecule has 0 aliphatic rings. The summed E-state index contributed by atoms with van der Waals surface area (Å²) in [4.78, 5) is 42.0. The first kappa shape index (κ1) is 32.3. The van der Waals surface area contributed by atoms with Crippen LogP contribution in [0, 0.1) is 12.8 Å². The van der Waals surface area contributed by atoms with E-state index in [4.69, 9.17) is 4.74 Å². The van der Waals surface area contributed by atoms with Crippen molar-refractivity contribution in [1.29, 1.82) is 0 Å². The minimum Gasteiger partial charge on any atom is -0.507 e. The molecule has 8 nitrogen and oxygen atoms in total. The van der Waals surface area contributed by atoms with Crippen LogP contribution in [-0.4, -0.2) is 52.1 Å². The normalized spacial score (nSPS) is 14.0. The maximum absolute atomic E-state index is 14.1. The predicted octanol–water partition coefficient (Wildman–Crippen LogP) is 5.61. The second-order valence-electron chi connectivity index (χ2n) is 11.3. The van der Waals surface area contributed by atoms with Crippen LogP contribution in [0.5, 0.6) is 5.75 Å². The van der Waals surface area contributed by atoms with Crippen LogP contribution in [0.3, 0.4) is 0 Å². The number of phenolic OH excluding ortho intramolecular Hbond substituents is 1. The van der Waals surface area contributed by atoms with Crippen molar-refractivity contribution in [2.75, 3.05) is 6.54 Å². The Labute approximate surface area is 223 Å². The van der Waals surface area contributed by atoms with Gasteiger partial charge in [-0.25, -0.2) is 4.79 Å². The molecule has 0 spiro atoms. The number of carbonyl (C=O) groups excluding carboxylic acids is 3. The second-order valence-corrected chi connectivity index (χ2v) is 11.3. The molecule has 3 N–H and O–H groups in total. The molecular weight excluding hydrogens is 470 g/mol. The highest BCUT2D eigenvalue weighted by atomic mass is 16.6. The molecule has 3 unspecified atom stereocenters. The Bertz CT molecular complexity index is 894. The minimum absolute atomic E-state index is 0.0133. The third-order valence-electron chi connectivity index (χ3n) is 5.97. The van der Waals surface area contributed by atoms with Gasteiger partial charge in [-0.3, -0.25) is 9.59 Å². The lowest BCUT2D eigenvalue weighted by atomic mass is 9.96. The van der Waals surface area contributed by atoms with E-state index in [-0.39, 0.29) is 29.5 Å². The molecule has 0 aliphatic carbocycles. The van der Waals surface area contributed by atoms with Gasteiger partial charge in [0.15, 0.2) is 0 Å². The summed E-state index contributed by atoms with van der Waals surface area (Å²) in [5, 5.41) is 16.7. The van der Waals surface area contributed by atoms with Gasteiger partial charge in [-0.2, -0.15) is 0 Å². The molecule has 0 heterocycles. The number of benzene rings is 1. The Morgan fingerprint density at radius 3 is 2.24 bits per heavy atom. The van der Waals surface area contributed by atoms with E-state index in [1.165, 1.54) is 4.90 Å². The van der Waals surface area contributed by atoms with Crippen LogP contribution in [0.1, 0.15) is 105 Å². The van der Waals surface area contributed by atoms with E-state index in [1.54, 1.807) is 45.9 Å². The first-order valence-electron chi connectivity index (χ1n) is 13.6. The molecule has 0 bridgehead atoms. The first-order chi connectivity index (χ1) is 17.2. The van der Waals surface area contributed by atoms with Gasteiger partial charge in [0.1, 0.15) is 23.4 Å². The topological polar surface area (TPSA) is 108 Å². The van der Waals surface area contributed by atoms with E-state index in [1.807, 2.05) is 34.6 Å². The van der Waals surface area contributed by atoms with Crippen LogP contribution >= 0.6 is 0 Å². The van der Waals surface area contributed by atoms with Gasteiger partial charge in [-0.15, -0.1) is 0 Å². The Morgan fingerprint density at radius 1 is 1.05 bits per heavy atom. The second kappa shape index (κ2) is 14.8. The maximum Gasteiger partial charge on any atom is 0.408 e. The molecule has 0 saturated heterocycles. The van der Waals surface area contributed by atoms with Crippen LogP contribution in [0.2, 0.25) is 0 Å². The smallest absolute Gasteiger partial charge is 0.408 e. The van der Waals surface area contributed by atoms with Gasteiger partial charge in [0.2, 0.25) is 11.8 Å². The number of nitrogens with one attached hydrogen (secondary N) is 2. The Hall–Kier alpha value is -2.77. The number of phenols is 1. The molecule has 0 fully saturated rings. The van der Waals surface area contributed by atoms with E-state index >= 15 is 0 Å². The molecule has 37 heavy (non-hydrogen) atoms. The molecule has 1 rings (SSSR count). The summed E-state index contributed by atoms with van der Waals surface area (Å²) < 4.78 is 5.43. The standard InChI is InChI=1S/C29H49N3O5/c1-10-12-17-32(27(35)23(18-19(3)4)31-28(36)37-29(7,8)9)24(26(34)30-21(6)14-11-2)22-16-13-15-20(5)25(22)33/h13,15-16,19,21,23-24,33H,10-12,14,17-18H2,1-9H3,(H,30,34)(H,31,36). The van der Waals surface area contributed by atoms with Gasteiger partial charge in [0.25, 0.3) is 0 Å². The van der Waals surface area contributed by atoms with E-state index in [0.29, 0.717) is 30.5 Å². The number of hydrogen-bond donors (Lipinski definition) is 3. The average Bonchev–Trinajstić information content (AvgIpc) is 2.76. The number of amides is 3. The number of rotatable bonds is 13. The van der Waals surface area contributed by atoms with Gasteiger partial charge in [-0.1, -0.05) is 58.7 Å². The lowest BCUT2D eigenvalue weighted by Gasteiger charge is -2.35. The number of nitrogens with zero attached hydrogens (tertiary/aromatic N) is 1. The zero-order valence-electron chi connectivity index (χ0n) is 24.3. The third-order valence-corrected chi connectivity index (χ3v) is 5.97. The summed E-state index contributed by atoms with van der Waals surface area (Å²) in [6.45, 7) is 17.3. The van der Waals surface area contributed by atoms with Crippen LogP contribution in [-0.2, 0) is 14.3 Å². The monoisotopic (exact) mass is 519 g/mol. The highest BCUT2D eigenvalue weighted by molar-refractivity contribution is 5.92. The molecule has 0 aliphatic heterocycles. The highest BCUT2D eigenvalue weighted by Crippen LogP contribution is 2.33. The number of aryl methyl sites for hydroxylation is 1. The van der Waals surface area contributed by atoms with Gasteiger partial charge >= 0.3 is 6.09 Å². The predicted molar refractivity (Wildman–Crippen MR) is 147 cm³/mol. The highest BCUT2D eigenvalue weighted by Gasteiger charge is 2.38. The maximum atomic E-state index is 14.1. The van der Waals surface area contributed by atoms with Crippen molar-refractivity contribution in [2.45, 2.75) is 118 Å². The number of hydrogen-bond acceptors (Lipinski definition) is 5. The SMILES string of the molecule is CCCCN(C(=O)C(CC(C)C)NC(=O)OC(C)(C)C)C(C(=O)NC(C)CCC)c1cccc(C)c1O. The number of ether oxygens (including phenoxy) is 1. The number of para-hydroxylation sites is 1. The molecular formula is C29H49N3O5. The van der Waals surface area contributed by atoms with Crippen LogP contribution in [0.15, 0.2) is 18.2 Å². The van der Waals surface area contributed by atoms with Gasteiger partial charge < -0.3 is 25.4 Å². The van der Waals surface area contributed by atoms with Crippen LogP contribution in [0.25, 0.3) is 0 Å². The summed E-state index contributed by atoms with van der Waals surface area (Å²) in [6.07, 6.45) is 2.85. The molecule has 3 atom stereocenters. The van der Waals surface area contributed by atoms with Crippen molar-refractivity contribution in [2.24, 2.45) is 5.92 Å². The molecule has 1 aromatic carbocycles. The molecule has 0 aromatic heterocycles. The number of carbonyl (C=O) groups is 3. The van der Waals surface area contributed by atoms with E-state index in [0.717, 1.165) is 19.3 Å². The summed E-state index contributed by atoms with van der Waals surface area (Å²) in [5.41, 5.74) is 0.263. The van der Waals surface area contributed by atoms with Crippen molar-refractivity contribution in [3.63, 3.8) is 0 Å². The fourth-order valence-electron chi connectivity index (χ4n) is 4.22.